The lowest BCUT2D eigenvalue weighted by Gasteiger charge is -2.19. The Labute approximate surface area is 76.5 Å². The molecular weight excluding hydrogens is 172 g/mol. The van der Waals surface area contributed by atoms with Gasteiger partial charge in [-0.2, -0.15) is 0 Å². The molecule has 1 fully saturated rings. The van der Waals surface area contributed by atoms with E-state index >= 15 is 0 Å². The molecule has 0 atom stereocenters. The smallest absolute Gasteiger partial charge is 0.345 e. The first-order valence-corrected chi connectivity index (χ1v) is 4.09. The van der Waals surface area contributed by atoms with Crippen LogP contribution in [0.5, 0.6) is 0 Å². The third kappa shape index (κ3) is 1.88. The molecule has 0 saturated heterocycles. The summed E-state index contributed by atoms with van der Waals surface area (Å²) in [6.07, 6.45) is 2.60. The maximum Gasteiger partial charge on any atom is 0.345 e. The molecule has 1 saturated carbocycles. The van der Waals surface area contributed by atoms with Crippen LogP contribution in [0.25, 0.3) is 0 Å². The lowest BCUT2D eigenvalue weighted by molar-refractivity contribution is -0.144. The minimum Gasteiger partial charge on any atom is -0.465 e. The van der Waals surface area contributed by atoms with Crippen molar-refractivity contribution in [1.29, 1.82) is 0 Å². The second-order valence-electron chi connectivity index (χ2n) is 2.82. The number of methoxy groups -OCH3 is 2. The second-order valence-corrected chi connectivity index (χ2v) is 2.82. The van der Waals surface area contributed by atoms with Crippen molar-refractivity contribution >= 4 is 11.9 Å². The average Bonchev–Trinajstić information content (AvgIpc) is 2.08. The van der Waals surface area contributed by atoms with Gasteiger partial charge in [-0.25, -0.2) is 9.59 Å². The zero-order valence-corrected chi connectivity index (χ0v) is 7.75. The molecule has 0 aromatic rings. The summed E-state index contributed by atoms with van der Waals surface area (Å²) < 4.78 is 8.99. The molecular formula is C9H12O4. The highest BCUT2D eigenvalue weighted by atomic mass is 16.5. The number of carbonyl (C=O) groups is 2. The van der Waals surface area contributed by atoms with Gasteiger partial charge in [-0.3, -0.25) is 0 Å². The van der Waals surface area contributed by atoms with Crippen molar-refractivity contribution in [2.45, 2.75) is 19.3 Å². The Kier molecular flexibility index (Phi) is 3.06. The molecule has 0 spiro atoms. The molecule has 0 aliphatic heterocycles. The third-order valence-electron chi connectivity index (χ3n) is 2.09. The van der Waals surface area contributed by atoms with Gasteiger partial charge in [0.2, 0.25) is 0 Å². The molecule has 0 unspecified atom stereocenters. The quantitative estimate of drug-likeness (QED) is 0.276. The number of allylic oxidation sites excluding steroid dienone is 1. The van der Waals surface area contributed by atoms with Crippen LogP contribution in [0.1, 0.15) is 19.3 Å². The fourth-order valence-electron chi connectivity index (χ4n) is 1.18. The van der Waals surface area contributed by atoms with Gasteiger partial charge in [0.15, 0.2) is 0 Å². The highest BCUT2D eigenvalue weighted by Gasteiger charge is 2.27. The van der Waals surface area contributed by atoms with Crippen LogP contribution in [0.2, 0.25) is 0 Å². The van der Waals surface area contributed by atoms with E-state index in [1.54, 1.807) is 0 Å². The largest absolute Gasteiger partial charge is 0.465 e. The molecule has 0 aromatic heterocycles. The number of carbonyl (C=O) groups excluding carboxylic acids is 2. The summed E-state index contributed by atoms with van der Waals surface area (Å²) in [5.74, 6) is -1.19. The molecule has 13 heavy (non-hydrogen) atoms. The van der Waals surface area contributed by atoms with E-state index in [1.807, 2.05) is 0 Å². The molecule has 0 heterocycles. The summed E-state index contributed by atoms with van der Waals surface area (Å²) >= 11 is 0. The summed E-state index contributed by atoms with van der Waals surface area (Å²) in [6.45, 7) is 0. The normalized spacial score (nSPS) is 14.5. The number of rotatable bonds is 2. The molecule has 0 bridgehead atoms. The zero-order valence-electron chi connectivity index (χ0n) is 7.75. The number of hydrogen-bond donors (Lipinski definition) is 0. The Balaban J connectivity index is 2.88. The molecule has 1 rings (SSSR count). The van der Waals surface area contributed by atoms with E-state index in [-0.39, 0.29) is 5.57 Å². The molecule has 0 N–H and O–H groups in total. The Morgan fingerprint density at radius 2 is 1.54 bits per heavy atom. The predicted molar refractivity (Wildman–Crippen MR) is 44.9 cm³/mol. The highest BCUT2D eigenvalue weighted by molar-refractivity contribution is 6.14. The lowest BCUT2D eigenvalue weighted by Crippen LogP contribution is -2.20. The fourth-order valence-corrected chi connectivity index (χ4v) is 1.18. The van der Waals surface area contributed by atoms with E-state index < -0.39 is 11.9 Å². The van der Waals surface area contributed by atoms with Gasteiger partial charge in [-0.15, -0.1) is 0 Å². The summed E-state index contributed by atoms with van der Waals surface area (Å²) in [5, 5.41) is 0. The van der Waals surface area contributed by atoms with Gasteiger partial charge in [0, 0.05) is 0 Å². The van der Waals surface area contributed by atoms with Gasteiger partial charge in [-0.1, -0.05) is 0 Å². The van der Waals surface area contributed by atoms with Gasteiger partial charge < -0.3 is 9.47 Å². The van der Waals surface area contributed by atoms with Crippen LogP contribution in [0.4, 0.5) is 0 Å². The SMILES string of the molecule is COC(=O)C(C(=O)OC)=C1CCC1. The maximum absolute atomic E-state index is 11.2. The van der Waals surface area contributed by atoms with Crippen LogP contribution in [-0.2, 0) is 19.1 Å². The molecule has 1 aliphatic rings. The van der Waals surface area contributed by atoms with Crippen molar-refractivity contribution in [3.8, 4) is 0 Å². The van der Waals surface area contributed by atoms with Gasteiger partial charge in [-0.05, 0) is 24.8 Å². The van der Waals surface area contributed by atoms with E-state index in [1.165, 1.54) is 14.2 Å². The molecule has 4 heteroatoms. The van der Waals surface area contributed by atoms with E-state index in [4.69, 9.17) is 0 Å². The standard InChI is InChI=1S/C9H12O4/c1-12-8(10)7(9(11)13-2)6-4-3-5-6/h3-5H2,1-2H3. The van der Waals surface area contributed by atoms with E-state index in [0.29, 0.717) is 0 Å². The minimum absolute atomic E-state index is 0.0799. The average molecular weight is 184 g/mol. The maximum atomic E-state index is 11.2. The van der Waals surface area contributed by atoms with Crippen molar-refractivity contribution in [2.75, 3.05) is 14.2 Å². The Morgan fingerprint density at radius 3 is 1.77 bits per heavy atom. The van der Waals surface area contributed by atoms with Crippen LogP contribution in [0.15, 0.2) is 11.1 Å². The van der Waals surface area contributed by atoms with E-state index in [9.17, 15) is 9.59 Å². The summed E-state index contributed by atoms with van der Waals surface area (Å²) in [7, 11) is 2.51. The van der Waals surface area contributed by atoms with Gasteiger partial charge in [0.05, 0.1) is 14.2 Å². The van der Waals surface area contributed by atoms with E-state index in [2.05, 4.69) is 9.47 Å². The van der Waals surface area contributed by atoms with Gasteiger partial charge >= 0.3 is 11.9 Å². The summed E-state index contributed by atoms with van der Waals surface area (Å²) in [6, 6.07) is 0. The number of esters is 2. The molecule has 72 valence electrons. The Bertz CT molecular complexity index is 241. The summed E-state index contributed by atoms with van der Waals surface area (Å²) in [5.41, 5.74) is 0.926. The first-order chi connectivity index (χ1) is 6.20. The van der Waals surface area contributed by atoms with Crippen molar-refractivity contribution in [1.82, 2.24) is 0 Å². The first kappa shape index (κ1) is 9.77. The zero-order chi connectivity index (χ0) is 9.84. The Hall–Kier alpha value is -1.32. The molecule has 4 nitrogen and oxygen atoms in total. The van der Waals surface area contributed by atoms with Crippen molar-refractivity contribution in [2.24, 2.45) is 0 Å². The number of ether oxygens (including phenoxy) is 2. The van der Waals surface area contributed by atoms with Crippen molar-refractivity contribution in [3.63, 3.8) is 0 Å². The highest BCUT2D eigenvalue weighted by Crippen LogP contribution is 2.29. The third-order valence-corrected chi connectivity index (χ3v) is 2.09. The molecule has 0 radical (unpaired) electrons. The van der Waals surface area contributed by atoms with Crippen molar-refractivity contribution in [3.05, 3.63) is 11.1 Å². The topological polar surface area (TPSA) is 52.6 Å². The van der Waals surface area contributed by atoms with Crippen LogP contribution < -0.4 is 0 Å². The van der Waals surface area contributed by atoms with Crippen LogP contribution in [0.3, 0.4) is 0 Å². The summed E-state index contributed by atoms with van der Waals surface area (Å²) in [4.78, 5) is 22.3. The van der Waals surface area contributed by atoms with Gasteiger partial charge in [0.1, 0.15) is 5.57 Å². The van der Waals surface area contributed by atoms with Crippen LogP contribution >= 0.6 is 0 Å². The van der Waals surface area contributed by atoms with Gasteiger partial charge in [0.25, 0.3) is 0 Å². The minimum atomic E-state index is -0.596. The predicted octanol–water partition coefficient (Wildman–Crippen LogP) is 0.813. The fraction of sp³-hybridized carbons (Fsp3) is 0.556. The molecule has 0 amide bonds. The molecule has 1 aliphatic carbocycles. The lowest BCUT2D eigenvalue weighted by atomic mass is 9.88. The monoisotopic (exact) mass is 184 g/mol. The first-order valence-electron chi connectivity index (χ1n) is 4.09. The van der Waals surface area contributed by atoms with E-state index in [0.717, 1.165) is 24.8 Å². The van der Waals surface area contributed by atoms with Crippen molar-refractivity contribution < 1.29 is 19.1 Å². The Morgan fingerprint density at radius 1 is 1.08 bits per heavy atom. The number of hydrogen-bond acceptors (Lipinski definition) is 4. The van der Waals surface area contributed by atoms with Crippen LogP contribution in [0, 0.1) is 0 Å². The van der Waals surface area contributed by atoms with Crippen LogP contribution in [-0.4, -0.2) is 26.2 Å². The second kappa shape index (κ2) is 4.07. The molecule has 0 aromatic carbocycles.